The van der Waals surface area contributed by atoms with Crippen molar-refractivity contribution in [1.29, 1.82) is 0 Å². The molecule has 0 N–H and O–H groups in total. The van der Waals surface area contributed by atoms with E-state index >= 15 is 0 Å². The second-order valence-corrected chi connectivity index (χ2v) is 5.43. The fraction of sp³-hybridized carbons (Fsp3) is 0.333. The predicted octanol–water partition coefficient (Wildman–Crippen LogP) is 4.71. The van der Waals surface area contributed by atoms with Crippen LogP contribution >= 0.6 is 0 Å². The second kappa shape index (κ2) is 5.48. The average molecular weight is 252 g/mol. The molecule has 0 heterocycles. The molecule has 1 nitrogen and oxygen atoms in total. The third kappa shape index (κ3) is 2.81. The standard InChI is InChI=1S/C18H20O/c1-14-6-5-9-16-10-11-17(12-18(14)16)19-13-15-7-3-2-4-8-15/h2-4,7-8,10-12,14H,5-6,9,13H2,1H3. The summed E-state index contributed by atoms with van der Waals surface area (Å²) >= 11 is 0. The van der Waals surface area contributed by atoms with Gasteiger partial charge in [-0.2, -0.15) is 0 Å². The normalized spacial score (nSPS) is 17.8. The molecule has 0 saturated carbocycles. The minimum Gasteiger partial charge on any atom is -0.489 e. The Bertz CT molecular complexity index is 545. The molecule has 0 aromatic heterocycles. The Morgan fingerprint density at radius 2 is 1.95 bits per heavy atom. The zero-order valence-corrected chi connectivity index (χ0v) is 11.4. The van der Waals surface area contributed by atoms with Gasteiger partial charge in [0.05, 0.1) is 0 Å². The molecule has 1 aliphatic carbocycles. The zero-order valence-electron chi connectivity index (χ0n) is 11.4. The van der Waals surface area contributed by atoms with Gasteiger partial charge in [-0.25, -0.2) is 0 Å². The monoisotopic (exact) mass is 252 g/mol. The summed E-state index contributed by atoms with van der Waals surface area (Å²) in [5.41, 5.74) is 4.20. The molecule has 98 valence electrons. The van der Waals surface area contributed by atoms with Gasteiger partial charge in [-0.15, -0.1) is 0 Å². The number of benzene rings is 2. The van der Waals surface area contributed by atoms with Gasteiger partial charge in [0.2, 0.25) is 0 Å². The maximum atomic E-state index is 5.91. The minimum absolute atomic E-state index is 0.647. The third-order valence-electron chi connectivity index (χ3n) is 3.98. The highest BCUT2D eigenvalue weighted by Crippen LogP contribution is 2.33. The van der Waals surface area contributed by atoms with Crippen LogP contribution in [0.25, 0.3) is 0 Å². The maximum Gasteiger partial charge on any atom is 0.120 e. The lowest BCUT2D eigenvalue weighted by Crippen LogP contribution is -2.07. The number of hydrogen-bond acceptors (Lipinski definition) is 1. The summed E-state index contributed by atoms with van der Waals surface area (Å²) in [6.45, 7) is 2.97. The van der Waals surface area contributed by atoms with E-state index in [-0.39, 0.29) is 0 Å². The van der Waals surface area contributed by atoms with Gasteiger partial charge < -0.3 is 4.74 Å². The molecule has 0 bridgehead atoms. The van der Waals surface area contributed by atoms with Crippen molar-refractivity contribution < 1.29 is 4.74 Å². The summed E-state index contributed by atoms with van der Waals surface area (Å²) in [5.74, 6) is 1.67. The molecule has 0 spiro atoms. The first-order valence-corrected chi connectivity index (χ1v) is 7.12. The first-order chi connectivity index (χ1) is 9.33. The van der Waals surface area contributed by atoms with E-state index in [4.69, 9.17) is 4.74 Å². The van der Waals surface area contributed by atoms with Gasteiger partial charge in [0, 0.05) is 0 Å². The lowest BCUT2D eigenvalue weighted by Gasteiger charge is -2.23. The first kappa shape index (κ1) is 12.3. The predicted molar refractivity (Wildman–Crippen MR) is 78.6 cm³/mol. The van der Waals surface area contributed by atoms with E-state index in [2.05, 4.69) is 37.3 Å². The van der Waals surface area contributed by atoms with Crippen LogP contribution in [0.15, 0.2) is 48.5 Å². The van der Waals surface area contributed by atoms with Gasteiger partial charge in [0.25, 0.3) is 0 Å². The highest BCUT2D eigenvalue weighted by atomic mass is 16.5. The van der Waals surface area contributed by atoms with Gasteiger partial charge >= 0.3 is 0 Å². The fourth-order valence-electron chi connectivity index (χ4n) is 2.84. The summed E-state index contributed by atoms with van der Waals surface area (Å²) in [5, 5.41) is 0. The first-order valence-electron chi connectivity index (χ1n) is 7.12. The zero-order chi connectivity index (χ0) is 13.1. The molecule has 0 amide bonds. The van der Waals surface area contributed by atoms with Crippen molar-refractivity contribution in [2.75, 3.05) is 0 Å². The highest BCUT2D eigenvalue weighted by molar-refractivity contribution is 5.39. The summed E-state index contributed by atoms with van der Waals surface area (Å²) in [6.07, 6.45) is 3.84. The minimum atomic E-state index is 0.647. The summed E-state index contributed by atoms with van der Waals surface area (Å²) in [4.78, 5) is 0. The van der Waals surface area contributed by atoms with Crippen LogP contribution in [-0.2, 0) is 13.0 Å². The van der Waals surface area contributed by atoms with Crippen molar-refractivity contribution in [2.45, 2.75) is 38.7 Å². The van der Waals surface area contributed by atoms with Gasteiger partial charge in [-0.3, -0.25) is 0 Å². The lowest BCUT2D eigenvalue weighted by atomic mass is 9.84. The fourth-order valence-corrected chi connectivity index (χ4v) is 2.84. The van der Waals surface area contributed by atoms with Crippen molar-refractivity contribution >= 4 is 0 Å². The van der Waals surface area contributed by atoms with Crippen LogP contribution in [0.3, 0.4) is 0 Å². The van der Waals surface area contributed by atoms with E-state index in [1.165, 1.54) is 36.0 Å². The van der Waals surface area contributed by atoms with Crippen molar-refractivity contribution in [1.82, 2.24) is 0 Å². The van der Waals surface area contributed by atoms with E-state index in [9.17, 15) is 0 Å². The van der Waals surface area contributed by atoms with E-state index in [0.717, 1.165) is 5.75 Å². The van der Waals surface area contributed by atoms with Crippen LogP contribution in [0.1, 0.15) is 42.4 Å². The average Bonchev–Trinajstić information content (AvgIpc) is 2.47. The van der Waals surface area contributed by atoms with Gasteiger partial charge in [0.15, 0.2) is 0 Å². The van der Waals surface area contributed by atoms with E-state index < -0.39 is 0 Å². The van der Waals surface area contributed by atoms with Gasteiger partial charge in [0.1, 0.15) is 12.4 Å². The van der Waals surface area contributed by atoms with Gasteiger partial charge in [-0.1, -0.05) is 43.3 Å². The molecule has 19 heavy (non-hydrogen) atoms. The maximum absolute atomic E-state index is 5.91. The molecule has 1 unspecified atom stereocenters. The molecule has 1 atom stereocenters. The highest BCUT2D eigenvalue weighted by Gasteiger charge is 2.16. The van der Waals surface area contributed by atoms with Crippen molar-refractivity contribution in [3.05, 3.63) is 65.2 Å². The summed E-state index contributed by atoms with van der Waals surface area (Å²) in [6, 6.07) is 16.9. The molecular formula is C18H20O. The van der Waals surface area contributed by atoms with E-state index in [0.29, 0.717) is 12.5 Å². The van der Waals surface area contributed by atoms with E-state index in [1.54, 1.807) is 0 Å². The topological polar surface area (TPSA) is 9.23 Å². The molecule has 2 aromatic rings. The lowest BCUT2D eigenvalue weighted by molar-refractivity contribution is 0.305. The number of aryl methyl sites for hydroxylation is 1. The molecule has 1 aliphatic rings. The van der Waals surface area contributed by atoms with Crippen LogP contribution < -0.4 is 4.74 Å². The Kier molecular flexibility index (Phi) is 3.54. The molecule has 2 aromatic carbocycles. The largest absolute Gasteiger partial charge is 0.489 e. The molecule has 0 fully saturated rings. The third-order valence-corrected chi connectivity index (χ3v) is 3.98. The van der Waals surface area contributed by atoms with E-state index in [1.807, 2.05) is 18.2 Å². The van der Waals surface area contributed by atoms with Crippen LogP contribution in [0, 0.1) is 0 Å². The molecule has 0 aliphatic heterocycles. The molecule has 0 saturated heterocycles. The SMILES string of the molecule is CC1CCCc2ccc(OCc3ccccc3)cc21. The second-order valence-electron chi connectivity index (χ2n) is 5.43. The van der Waals surface area contributed by atoms with Crippen LogP contribution in [0.5, 0.6) is 5.75 Å². The Morgan fingerprint density at radius 3 is 2.79 bits per heavy atom. The summed E-state index contributed by atoms with van der Waals surface area (Å²) < 4.78 is 5.91. The quantitative estimate of drug-likeness (QED) is 0.769. The number of ether oxygens (including phenoxy) is 1. The molecular weight excluding hydrogens is 232 g/mol. The van der Waals surface area contributed by atoms with Crippen molar-refractivity contribution in [3.8, 4) is 5.75 Å². The Hall–Kier alpha value is -1.76. The summed E-state index contributed by atoms with van der Waals surface area (Å²) in [7, 11) is 0. The molecule has 3 rings (SSSR count). The molecule has 1 heteroatoms. The molecule has 0 radical (unpaired) electrons. The Balaban J connectivity index is 1.74. The number of fused-ring (bicyclic) bond motifs is 1. The van der Waals surface area contributed by atoms with Crippen LogP contribution in [0.4, 0.5) is 0 Å². The Labute approximate surface area is 115 Å². The van der Waals surface area contributed by atoms with Gasteiger partial charge in [-0.05, 0) is 54.0 Å². The van der Waals surface area contributed by atoms with Crippen molar-refractivity contribution in [2.24, 2.45) is 0 Å². The number of rotatable bonds is 3. The van der Waals surface area contributed by atoms with Crippen LogP contribution in [0.2, 0.25) is 0 Å². The van der Waals surface area contributed by atoms with Crippen molar-refractivity contribution in [3.63, 3.8) is 0 Å². The Morgan fingerprint density at radius 1 is 1.11 bits per heavy atom. The van der Waals surface area contributed by atoms with Crippen LogP contribution in [-0.4, -0.2) is 0 Å². The smallest absolute Gasteiger partial charge is 0.120 e. The number of hydrogen-bond donors (Lipinski definition) is 0.